The predicted molar refractivity (Wildman–Crippen MR) is 173 cm³/mol. The van der Waals surface area contributed by atoms with Crippen LogP contribution in [0.25, 0.3) is 16.6 Å². The molecule has 0 bridgehead atoms. The van der Waals surface area contributed by atoms with E-state index in [0.29, 0.717) is 41.4 Å². The number of carbonyl (C=O) groups is 2. The molecule has 0 saturated heterocycles. The van der Waals surface area contributed by atoms with E-state index < -0.39 is 30.4 Å². The lowest BCUT2D eigenvalue weighted by atomic mass is 9.97. The van der Waals surface area contributed by atoms with Crippen molar-refractivity contribution in [3.8, 4) is 11.5 Å². The summed E-state index contributed by atoms with van der Waals surface area (Å²) in [4.78, 5) is 35.9. The van der Waals surface area contributed by atoms with E-state index in [2.05, 4.69) is 9.97 Å². The van der Waals surface area contributed by atoms with Crippen LogP contribution in [0.1, 0.15) is 51.7 Å². The molecule has 0 aliphatic carbocycles. The lowest BCUT2D eigenvalue weighted by molar-refractivity contribution is -0.153. The number of pyridine rings is 2. The first kappa shape index (κ1) is 34.3. The Hall–Kier alpha value is -5.07. The van der Waals surface area contributed by atoms with E-state index in [4.69, 9.17) is 18.9 Å². The number of halogens is 3. The van der Waals surface area contributed by atoms with Gasteiger partial charge in [0.1, 0.15) is 22.9 Å². The van der Waals surface area contributed by atoms with E-state index in [9.17, 15) is 22.8 Å². The number of rotatable bonds is 10. The lowest BCUT2D eigenvalue weighted by Gasteiger charge is -2.37. The Labute approximate surface area is 276 Å². The van der Waals surface area contributed by atoms with Crippen LogP contribution in [0, 0.1) is 0 Å². The number of esters is 1. The van der Waals surface area contributed by atoms with Crippen molar-refractivity contribution in [2.24, 2.45) is 0 Å². The number of aromatic nitrogens is 3. The van der Waals surface area contributed by atoms with Crippen molar-refractivity contribution in [2.45, 2.75) is 64.8 Å². The van der Waals surface area contributed by atoms with Gasteiger partial charge < -0.3 is 23.5 Å². The topological polar surface area (TPSA) is 105 Å². The van der Waals surface area contributed by atoms with Crippen LogP contribution in [-0.2, 0) is 20.7 Å². The largest absolute Gasteiger partial charge is 0.493 e. The van der Waals surface area contributed by atoms with Crippen LogP contribution in [0.5, 0.6) is 11.5 Å². The third-order valence-electron chi connectivity index (χ3n) is 7.39. The molecule has 48 heavy (non-hydrogen) atoms. The van der Waals surface area contributed by atoms with Gasteiger partial charge in [0.15, 0.2) is 6.61 Å². The van der Waals surface area contributed by atoms with Crippen molar-refractivity contribution in [3.63, 3.8) is 0 Å². The molecule has 5 rings (SSSR count). The fraction of sp³-hybridized carbons (Fsp3) is 0.371. The van der Waals surface area contributed by atoms with Gasteiger partial charge in [-0.05, 0) is 82.5 Å². The number of anilines is 1. The molecule has 4 aromatic rings. The molecule has 3 aromatic heterocycles. The summed E-state index contributed by atoms with van der Waals surface area (Å²) < 4.78 is 61.9. The number of aryl methyl sites for hydroxylation is 1. The summed E-state index contributed by atoms with van der Waals surface area (Å²) in [5, 5.41) is 0.783. The summed E-state index contributed by atoms with van der Waals surface area (Å²) >= 11 is 0. The monoisotopic (exact) mass is 666 g/mol. The number of alkyl halides is 3. The summed E-state index contributed by atoms with van der Waals surface area (Å²) in [6.07, 6.45) is 4.33. The maximum Gasteiger partial charge on any atom is 0.422 e. The molecular formula is C35H37F3N4O6. The molecule has 0 N–H and O–H groups in total. The Morgan fingerprint density at radius 2 is 1.85 bits per heavy atom. The molecular weight excluding hydrogens is 629 g/mol. The molecule has 0 saturated carbocycles. The molecule has 1 atom stereocenters. The highest BCUT2D eigenvalue weighted by atomic mass is 19.4. The van der Waals surface area contributed by atoms with Crippen LogP contribution in [0.2, 0.25) is 0 Å². The van der Waals surface area contributed by atoms with E-state index in [1.54, 1.807) is 34.9 Å². The van der Waals surface area contributed by atoms with Gasteiger partial charge >= 0.3 is 18.2 Å². The first-order chi connectivity index (χ1) is 22.8. The van der Waals surface area contributed by atoms with Crippen LogP contribution < -0.4 is 14.4 Å². The number of carbonyl (C=O) groups excluding carboxylic acids is 2. The Kier molecular flexibility index (Phi) is 10.3. The molecule has 0 spiro atoms. The summed E-state index contributed by atoms with van der Waals surface area (Å²) in [5.41, 5.74) is 1.70. The van der Waals surface area contributed by atoms with Gasteiger partial charge in [-0.15, -0.1) is 0 Å². The summed E-state index contributed by atoms with van der Waals surface area (Å²) in [7, 11) is 0. The van der Waals surface area contributed by atoms with Crippen molar-refractivity contribution in [2.75, 3.05) is 24.7 Å². The van der Waals surface area contributed by atoms with Gasteiger partial charge in [-0.3, -0.25) is 9.88 Å². The average molecular weight is 667 g/mol. The molecule has 254 valence electrons. The van der Waals surface area contributed by atoms with Crippen LogP contribution in [-0.4, -0.2) is 64.2 Å². The Bertz CT molecular complexity index is 1800. The Morgan fingerprint density at radius 1 is 1.04 bits per heavy atom. The second-order valence-corrected chi connectivity index (χ2v) is 12.2. The third-order valence-corrected chi connectivity index (χ3v) is 7.39. The van der Waals surface area contributed by atoms with Crippen LogP contribution in [0.3, 0.4) is 0 Å². The van der Waals surface area contributed by atoms with Crippen molar-refractivity contribution >= 4 is 34.5 Å². The maximum absolute atomic E-state index is 13.3. The molecule has 0 fully saturated rings. The summed E-state index contributed by atoms with van der Waals surface area (Å²) in [6.45, 7) is 6.13. The van der Waals surface area contributed by atoms with Gasteiger partial charge in [-0.2, -0.15) is 13.2 Å². The second-order valence-electron chi connectivity index (χ2n) is 12.2. The summed E-state index contributed by atoms with van der Waals surface area (Å²) in [6, 6.07) is 12.3. The number of hydrogen-bond donors (Lipinski definition) is 0. The van der Waals surface area contributed by atoms with Crippen molar-refractivity contribution in [1.29, 1.82) is 0 Å². The zero-order valence-corrected chi connectivity index (χ0v) is 27.1. The fourth-order valence-electron chi connectivity index (χ4n) is 5.41. The quantitative estimate of drug-likeness (QED) is 0.128. The van der Waals surface area contributed by atoms with E-state index in [-0.39, 0.29) is 18.4 Å². The average Bonchev–Trinajstić information content (AvgIpc) is 3.44. The number of ether oxygens (including phenoxy) is 4. The van der Waals surface area contributed by atoms with E-state index in [0.717, 1.165) is 23.8 Å². The first-order valence-electron chi connectivity index (χ1n) is 15.5. The zero-order valence-electron chi connectivity index (χ0n) is 27.1. The van der Waals surface area contributed by atoms with E-state index in [1.165, 1.54) is 24.5 Å². The fourth-order valence-corrected chi connectivity index (χ4v) is 5.41. The highest BCUT2D eigenvalue weighted by Gasteiger charge is 2.35. The molecule has 10 nitrogen and oxygen atoms in total. The molecule has 1 aliphatic heterocycles. The number of hydrogen-bond acceptors (Lipinski definition) is 8. The normalized spacial score (nSPS) is 15.2. The highest BCUT2D eigenvalue weighted by molar-refractivity contribution is 5.95. The Morgan fingerprint density at radius 3 is 2.60 bits per heavy atom. The van der Waals surface area contributed by atoms with Crippen LogP contribution in [0.4, 0.5) is 23.8 Å². The van der Waals surface area contributed by atoms with Gasteiger partial charge in [0.05, 0.1) is 30.6 Å². The summed E-state index contributed by atoms with van der Waals surface area (Å²) in [5.74, 6) is 0.467. The van der Waals surface area contributed by atoms with Crippen molar-refractivity contribution in [1.82, 2.24) is 14.5 Å². The number of fused-ring (bicyclic) bond motifs is 2. The van der Waals surface area contributed by atoms with Gasteiger partial charge in [0.25, 0.3) is 0 Å². The Balaban J connectivity index is 1.34. The van der Waals surface area contributed by atoms with E-state index >= 15 is 0 Å². The standard InChI is InChI=1S/C35H37F3N4O6/c1-5-45-31(43)19-30(25-18-28(21-39-20-25)47-22-35(36,37)38)41-15-12-24-17-27(10-11-29(24)41)46-16-13-26-9-8-23-7-6-14-40-32(23)42(26)33(44)48-34(2,3)4/h6-7,10-12,14-15,17-21,26H,5,8-9,13,16,22H2,1-4H3. The first-order valence-corrected chi connectivity index (χ1v) is 15.5. The number of benzene rings is 1. The zero-order chi connectivity index (χ0) is 34.5. The van der Waals surface area contributed by atoms with Gasteiger partial charge in [-0.1, -0.05) is 6.07 Å². The molecule has 13 heteroatoms. The molecule has 1 amide bonds. The molecule has 1 aliphatic rings. The molecule has 0 radical (unpaired) electrons. The maximum atomic E-state index is 13.3. The number of nitrogens with zero attached hydrogens (tertiary/aromatic N) is 4. The van der Waals surface area contributed by atoms with Crippen LogP contribution >= 0.6 is 0 Å². The predicted octanol–water partition coefficient (Wildman–Crippen LogP) is 7.35. The van der Waals surface area contributed by atoms with Crippen molar-refractivity contribution in [3.05, 3.63) is 84.5 Å². The molecule has 1 unspecified atom stereocenters. The lowest BCUT2D eigenvalue weighted by Crippen LogP contribution is -2.47. The number of amides is 1. The third kappa shape index (κ3) is 8.64. The van der Waals surface area contributed by atoms with Gasteiger partial charge in [0, 0.05) is 48.1 Å². The molecule has 1 aromatic carbocycles. The highest BCUT2D eigenvalue weighted by Crippen LogP contribution is 2.33. The minimum atomic E-state index is -4.52. The SMILES string of the molecule is CCOC(=O)C=C(c1cncc(OCC(F)(F)F)c1)n1ccc2cc(OCCC3CCc4cccnc4N3C(=O)OC(C)(C)C)ccc21. The van der Waals surface area contributed by atoms with E-state index in [1.807, 2.05) is 51.1 Å². The van der Waals surface area contributed by atoms with Crippen LogP contribution in [0.15, 0.2) is 73.3 Å². The minimum absolute atomic E-state index is 0.103. The molecule has 4 heterocycles. The van der Waals surface area contributed by atoms with Gasteiger partial charge in [-0.25, -0.2) is 14.6 Å². The van der Waals surface area contributed by atoms with Gasteiger partial charge in [0.2, 0.25) is 0 Å². The minimum Gasteiger partial charge on any atom is -0.493 e. The smallest absolute Gasteiger partial charge is 0.422 e. The van der Waals surface area contributed by atoms with Crippen molar-refractivity contribution < 1.29 is 41.7 Å². The second kappa shape index (κ2) is 14.4.